The Morgan fingerprint density at radius 2 is 2.05 bits per heavy atom. The number of ether oxygens (including phenoxy) is 2. The van der Waals surface area contributed by atoms with Crippen LogP contribution < -0.4 is 14.8 Å². The highest BCUT2D eigenvalue weighted by Crippen LogP contribution is 2.21. The third kappa shape index (κ3) is 4.77. The summed E-state index contributed by atoms with van der Waals surface area (Å²) in [4.78, 5) is 11.6. The number of methoxy groups -OCH3 is 1. The Hall–Kier alpha value is -1.78. The van der Waals surface area contributed by atoms with E-state index in [1.807, 2.05) is 20.8 Å². The first kappa shape index (κ1) is 15.3. The summed E-state index contributed by atoms with van der Waals surface area (Å²) in [6, 6.07) is 4.28. The SMILES string of the molecule is COc1ccc(OCC(=O)NC(C)C(C)C)cc1F. The second-order valence-electron chi connectivity index (χ2n) is 4.69. The highest BCUT2D eigenvalue weighted by Gasteiger charge is 2.11. The standard InChI is InChI=1S/C14H20FNO3/c1-9(2)10(3)16-14(17)8-19-11-5-6-13(18-4)12(15)7-11/h5-7,9-10H,8H2,1-4H3,(H,16,17). The van der Waals surface area contributed by atoms with Crippen LogP contribution in [0.2, 0.25) is 0 Å². The van der Waals surface area contributed by atoms with Gasteiger partial charge in [0.25, 0.3) is 5.91 Å². The van der Waals surface area contributed by atoms with Crippen molar-refractivity contribution in [3.05, 3.63) is 24.0 Å². The predicted molar refractivity (Wildman–Crippen MR) is 70.9 cm³/mol. The molecular weight excluding hydrogens is 249 g/mol. The molecule has 1 aromatic rings. The second-order valence-corrected chi connectivity index (χ2v) is 4.69. The number of carbonyl (C=O) groups excluding carboxylic acids is 1. The van der Waals surface area contributed by atoms with E-state index in [0.717, 1.165) is 0 Å². The maximum atomic E-state index is 13.4. The maximum Gasteiger partial charge on any atom is 0.258 e. The largest absolute Gasteiger partial charge is 0.494 e. The summed E-state index contributed by atoms with van der Waals surface area (Å²) in [5.74, 6) is 0.0478. The van der Waals surface area contributed by atoms with Gasteiger partial charge in [0.2, 0.25) is 0 Å². The zero-order chi connectivity index (χ0) is 14.4. The van der Waals surface area contributed by atoms with Crippen molar-refractivity contribution in [3.63, 3.8) is 0 Å². The first-order valence-electron chi connectivity index (χ1n) is 6.19. The topological polar surface area (TPSA) is 47.6 Å². The van der Waals surface area contributed by atoms with Gasteiger partial charge in [-0.3, -0.25) is 4.79 Å². The average Bonchev–Trinajstić information content (AvgIpc) is 2.36. The fraction of sp³-hybridized carbons (Fsp3) is 0.500. The quantitative estimate of drug-likeness (QED) is 0.862. The van der Waals surface area contributed by atoms with Crippen LogP contribution in [0.1, 0.15) is 20.8 Å². The van der Waals surface area contributed by atoms with Crippen molar-refractivity contribution in [1.29, 1.82) is 0 Å². The first-order chi connectivity index (χ1) is 8.93. The molecular formula is C14H20FNO3. The second kappa shape index (κ2) is 6.97. The van der Waals surface area contributed by atoms with Crippen LogP contribution in [-0.4, -0.2) is 25.7 Å². The average molecular weight is 269 g/mol. The molecule has 106 valence electrons. The summed E-state index contributed by atoms with van der Waals surface area (Å²) in [7, 11) is 1.39. The molecule has 0 bridgehead atoms. The Bertz CT molecular complexity index is 435. The maximum absolute atomic E-state index is 13.4. The summed E-state index contributed by atoms with van der Waals surface area (Å²) in [6.45, 7) is 5.83. The number of hydrogen-bond acceptors (Lipinski definition) is 3. The number of benzene rings is 1. The molecule has 1 atom stereocenters. The molecule has 0 aromatic heterocycles. The number of carbonyl (C=O) groups is 1. The van der Waals surface area contributed by atoms with E-state index in [9.17, 15) is 9.18 Å². The Kier molecular flexibility index (Phi) is 5.60. The number of nitrogens with one attached hydrogen (secondary N) is 1. The van der Waals surface area contributed by atoms with Crippen LogP contribution in [0.5, 0.6) is 11.5 Å². The zero-order valence-electron chi connectivity index (χ0n) is 11.7. The zero-order valence-corrected chi connectivity index (χ0v) is 11.7. The van der Waals surface area contributed by atoms with E-state index >= 15 is 0 Å². The third-order valence-corrected chi connectivity index (χ3v) is 2.88. The predicted octanol–water partition coefficient (Wildman–Crippen LogP) is 2.37. The van der Waals surface area contributed by atoms with Gasteiger partial charge in [-0.2, -0.15) is 0 Å². The minimum absolute atomic E-state index is 0.0729. The van der Waals surface area contributed by atoms with Crippen LogP contribution >= 0.6 is 0 Å². The van der Waals surface area contributed by atoms with Gasteiger partial charge in [0, 0.05) is 12.1 Å². The van der Waals surface area contributed by atoms with Gasteiger partial charge in [0.1, 0.15) is 5.75 Å². The first-order valence-corrected chi connectivity index (χ1v) is 6.19. The highest BCUT2D eigenvalue weighted by atomic mass is 19.1. The van der Waals surface area contributed by atoms with Gasteiger partial charge >= 0.3 is 0 Å². The van der Waals surface area contributed by atoms with Crippen molar-refractivity contribution in [2.24, 2.45) is 5.92 Å². The molecule has 1 rings (SSSR count). The van der Waals surface area contributed by atoms with Gasteiger partial charge in [0.05, 0.1) is 7.11 Å². The Balaban J connectivity index is 2.48. The van der Waals surface area contributed by atoms with E-state index < -0.39 is 5.82 Å². The molecule has 19 heavy (non-hydrogen) atoms. The van der Waals surface area contributed by atoms with Crippen molar-refractivity contribution in [2.75, 3.05) is 13.7 Å². The molecule has 0 saturated heterocycles. The van der Waals surface area contributed by atoms with Crippen LogP contribution in [0.3, 0.4) is 0 Å². The molecule has 0 fully saturated rings. The fourth-order valence-corrected chi connectivity index (χ4v) is 1.35. The number of halogens is 1. The van der Waals surface area contributed by atoms with Gasteiger partial charge in [0.15, 0.2) is 18.2 Å². The van der Waals surface area contributed by atoms with Crippen LogP contribution in [0.4, 0.5) is 4.39 Å². The third-order valence-electron chi connectivity index (χ3n) is 2.88. The molecule has 1 unspecified atom stereocenters. The van der Waals surface area contributed by atoms with Gasteiger partial charge in [-0.25, -0.2) is 4.39 Å². The smallest absolute Gasteiger partial charge is 0.258 e. The summed E-state index contributed by atoms with van der Waals surface area (Å²) in [5, 5.41) is 2.80. The molecule has 0 heterocycles. The monoisotopic (exact) mass is 269 g/mol. The van der Waals surface area contributed by atoms with Crippen molar-refractivity contribution < 1.29 is 18.7 Å². The molecule has 0 radical (unpaired) electrons. The number of hydrogen-bond donors (Lipinski definition) is 1. The van der Waals surface area contributed by atoms with Crippen molar-refractivity contribution >= 4 is 5.91 Å². The highest BCUT2D eigenvalue weighted by molar-refractivity contribution is 5.77. The van der Waals surface area contributed by atoms with Crippen LogP contribution in [0.15, 0.2) is 18.2 Å². The summed E-state index contributed by atoms with van der Waals surface area (Å²) in [6.07, 6.45) is 0. The van der Waals surface area contributed by atoms with Crippen LogP contribution in [0.25, 0.3) is 0 Å². The summed E-state index contributed by atoms with van der Waals surface area (Å²) in [5.41, 5.74) is 0. The Morgan fingerprint density at radius 3 is 2.58 bits per heavy atom. The molecule has 0 saturated carbocycles. The number of rotatable bonds is 6. The van der Waals surface area contributed by atoms with Crippen molar-refractivity contribution in [2.45, 2.75) is 26.8 Å². The van der Waals surface area contributed by atoms with Crippen LogP contribution in [0, 0.1) is 11.7 Å². The molecule has 4 nitrogen and oxygen atoms in total. The van der Waals surface area contributed by atoms with Gasteiger partial charge in [-0.15, -0.1) is 0 Å². The molecule has 0 aliphatic carbocycles. The van der Waals surface area contributed by atoms with Crippen molar-refractivity contribution in [3.8, 4) is 11.5 Å². The minimum atomic E-state index is -0.518. The molecule has 1 amide bonds. The van der Waals surface area contributed by atoms with Gasteiger partial charge in [-0.05, 0) is 25.0 Å². The molecule has 0 spiro atoms. The molecule has 5 heteroatoms. The molecule has 1 aromatic carbocycles. The van der Waals surface area contributed by atoms with E-state index in [1.54, 1.807) is 6.07 Å². The van der Waals surface area contributed by atoms with Gasteiger partial charge < -0.3 is 14.8 Å². The minimum Gasteiger partial charge on any atom is -0.494 e. The molecule has 0 aliphatic heterocycles. The Labute approximate surface area is 112 Å². The van der Waals surface area contributed by atoms with Gasteiger partial charge in [-0.1, -0.05) is 13.8 Å². The van der Waals surface area contributed by atoms with E-state index in [-0.39, 0.29) is 24.3 Å². The van der Waals surface area contributed by atoms with E-state index in [2.05, 4.69) is 5.32 Å². The molecule has 1 N–H and O–H groups in total. The van der Waals surface area contributed by atoms with E-state index in [4.69, 9.17) is 9.47 Å². The lowest BCUT2D eigenvalue weighted by Gasteiger charge is -2.17. The van der Waals surface area contributed by atoms with Crippen LogP contribution in [-0.2, 0) is 4.79 Å². The normalized spacial score (nSPS) is 12.1. The fourth-order valence-electron chi connectivity index (χ4n) is 1.35. The van der Waals surface area contributed by atoms with E-state index in [0.29, 0.717) is 11.7 Å². The number of amides is 1. The lowest BCUT2D eigenvalue weighted by Crippen LogP contribution is -2.38. The summed E-state index contributed by atoms with van der Waals surface area (Å²) >= 11 is 0. The lowest BCUT2D eigenvalue weighted by molar-refractivity contribution is -0.124. The van der Waals surface area contributed by atoms with E-state index in [1.165, 1.54) is 19.2 Å². The summed E-state index contributed by atoms with van der Waals surface area (Å²) < 4.78 is 23.4. The van der Waals surface area contributed by atoms with Crippen molar-refractivity contribution in [1.82, 2.24) is 5.32 Å². The Morgan fingerprint density at radius 1 is 1.37 bits per heavy atom. The lowest BCUT2D eigenvalue weighted by atomic mass is 10.1. The molecule has 0 aliphatic rings.